The van der Waals surface area contributed by atoms with E-state index in [0.717, 1.165) is 55.1 Å². The molecule has 2 rings (SSSR count). The highest BCUT2D eigenvalue weighted by Crippen LogP contribution is 2.42. The molecule has 3 nitrogen and oxygen atoms in total. The number of rotatable bonds is 6. The van der Waals surface area contributed by atoms with E-state index in [4.69, 9.17) is 5.73 Å². The Labute approximate surface area is 141 Å². The molecule has 1 amide bonds. The van der Waals surface area contributed by atoms with Crippen LogP contribution in [0.2, 0.25) is 0 Å². The molecule has 0 bridgehead atoms. The van der Waals surface area contributed by atoms with Gasteiger partial charge in [0, 0.05) is 11.0 Å². The Hall–Kier alpha value is -0.580. The predicted molar refractivity (Wildman–Crippen MR) is 92.8 cm³/mol. The Balaban J connectivity index is 0.00000220. The van der Waals surface area contributed by atoms with Crippen LogP contribution in [0.15, 0.2) is 28.7 Å². The van der Waals surface area contributed by atoms with Crippen molar-refractivity contribution in [3.05, 3.63) is 34.3 Å². The third-order valence-electron chi connectivity index (χ3n) is 4.19. The topological polar surface area (TPSA) is 55.1 Å². The summed E-state index contributed by atoms with van der Waals surface area (Å²) >= 11 is 3.51. The smallest absolute Gasteiger partial charge is 0.230 e. The zero-order valence-electron chi connectivity index (χ0n) is 12.2. The lowest BCUT2D eigenvalue weighted by molar-refractivity contribution is -0.126. The molecule has 21 heavy (non-hydrogen) atoms. The molecule has 1 aliphatic carbocycles. The zero-order valence-corrected chi connectivity index (χ0v) is 14.6. The molecule has 1 aromatic rings. The second-order valence-corrected chi connectivity index (χ2v) is 6.47. The van der Waals surface area contributed by atoms with E-state index < -0.39 is 0 Å². The lowest BCUT2D eigenvalue weighted by atomic mass is 9.78. The van der Waals surface area contributed by atoms with Crippen LogP contribution in [0.4, 0.5) is 0 Å². The molecule has 0 saturated heterocycles. The summed E-state index contributed by atoms with van der Waals surface area (Å²) in [5.41, 5.74) is 6.30. The van der Waals surface area contributed by atoms with Crippen LogP contribution < -0.4 is 11.1 Å². The van der Waals surface area contributed by atoms with Crippen LogP contribution >= 0.6 is 28.3 Å². The van der Waals surface area contributed by atoms with E-state index in [1.165, 1.54) is 0 Å². The average molecular weight is 376 g/mol. The summed E-state index contributed by atoms with van der Waals surface area (Å²) < 4.78 is 1.04. The molecule has 118 valence electrons. The first-order chi connectivity index (χ1) is 9.69. The van der Waals surface area contributed by atoms with E-state index in [0.29, 0.717) is 6.54 Å². The standard InChI is InChI=1S/C16H23BrN2O.ClH/c17-14-7-5-6-13(12-14)16(8-1-2-9-16)15(20)19-11-4-3-10-18;/h5-7,12H,1-4,8-11,18H2,(H,19,20);1H. The van der Waals surface area contributed by atoms with Crippen molar-refractivity contribution < 1.29 is 4.79 Å². The number of nitrogens with two attached hydrogens (primary N) is 1. The van der Waals surface area contributed by atoms with E-state index >= 15 is 0 Å². The van der Waals surface area contributed by atoms with E-state index in [1.54, 1.807) is 0 Å². The number of unbranched alkanes of at least 4 members (excludes halogenated alkanes) is 1. The van der Waals surface area contributed by atoms with Crippen molar-refractivity contribution in [2.24, 2.45) is 5.73 Å². The number of carbonyl (C=O) groups is 1. The van der Waals surface area contributed by atoms with Gasteiger partial charge in [0.25, 0.3) is 0 Å². The second-order valence-electron chi connectivity index (χ2n) is 5.55. The summed E-state index contributed by atoms with van der Waals surface area (Å²) in [6.07, 6.45) is 6.07. The molecule has 0 unspecified atom stereocenters. The number of amides is 1. The molecule has 0 heterocycles. The molecule has 0 radical (unpaired) electrons. The van der Waals surface area contributed by atoms with Gasteiger partial charge in [0.05, 0.1) is 5.41 Å². The van der Waals surface area contributed by atoms with Crippen LogP contribution in [0.3, 0.4) is 0 Å². The molecule has 1 aliphatic rings. The number of carbonyl (C=O) groups excluding carboxylic acids is 1. The van der Waals surface area contributed by atoms with Gasteiger partial charge in [-0.15, -0.1) is 12.4 Å². The van der Waals surface area contributed by atoms with Gasteiger partial charge in [-0.25, -0.2) is 0 Å². The van der Waals surface area contributed by atoms with Gasteiger partial charge in [0.15, 0.2) is 0 Å². The van der Waals surface area contributed by atoms with Gasteiger partial charge in [-0.1, -0.05) is 40.9 Å². The van der Waals surface area contributed by atoms with Gasteiger partial charge in [0.1, 0.15) is 0 Å². The summed E-state index contributed by atoms with van der Waals surface area (Å²) in [6, 6.07) is 8.19. The van der Waals surface area contributed by atoms with Crippen molar-refractivity contribution in [2.45, 2.75) is 43.9 Å². The SMILES string of the molecule is Cl.NCCCCNC(=O)C1(c2cccc(Br)c2)CCCC1. The molecule has 0 aliphatic heterocycles. The van der Waals surface area contributed by atoms with Crippen LogP contribution in [0, 0.1) is 0 Å². The number of hydrogen-bond acceptors (Lipinski definition) is 2. The normalized spacial score (nSPS) is 16.3. The van der Waals surface area contributed by atoms with Gasteiger partial charge < -0.3 is 11.1 Å². The highest BCUT2D eigenvalue weighted by molar-refractivity contribution is 9.10. The van der Waals surface area contributed by atoms with Crippen molar-refractivity contribution in [2.75, 3.05) is 13.1 Å². The fourth-order valence-corrected chi connectivity index (χ4v) is 3.45. The van der Waals surface area contributed by atoms with E-state index in [1.807, 2.05) is 12.1 Å². The first kappa shape index (κ1) is 18.5. The Morgan fingerprint density at radius 3 is 2.62 bits per heavy atom. The Morgan fingerprint density at radius 2 is 2.00 bits per heavy atom. The summed E-state index contributed by atoms with van der Waals surface area (Å²) in [4.78, 5) is 12.7. The molecule has 1 saturated carbocycles. The minimum Gasteiger partial charge on any atom is -0.355 e. The maximum absolute atomic E-state index is 12.7. The lowest BCUT2D eigenvalue weighted by Crippen LogP contribution is -2.43. The van der Waals surface area contributed by atoms with Crippen molar-refractivity contribution in [1.82, 2.24) is 5.32 Å². The summed E-state index contributed by atoms with van der Waals surface area (Å²) in [6.45, 7) is 1.42. The Bertz CT molecular complexity index is 461. The maximum Gasteiger partial charge on any atom is 0.230 e. The highest BCUT2D eigenvalue weighted by Gasteiger charge is 2.42. The van der Waals surface area contributed by atoms with Crippen LogP contribution in [-0.4, -0.2) is 19.0 Å². The molecule has 0 aromatic heterocycles. The van der Waals surface area contributed by atoms with Gasteiger partial charge in [-0.2, -0.15) is 0 Å². The van der Waals surface area contributed by atoms with Gasteiger partial charge in [-0.3, -0.25) is 4.79 Å². The summed E-state index contributed by atoms with van der Waals surface area (Å²) in [5.74, 6) is 0.185. The molecule has 1 fully saturated rings. The maximum atomic E-state index is 12.7. The zero-order chi connectivity index (χ0) is 14.4. The third kappa shape index (κ3) is 4.44. The Morgan fingerprint density at radius 1 is 1.29 bits per heavy atom. The van der Waals surface area contributed by atoms with Crippen LogP contribution in [0.5, 0.6) is 0 Å². The molecule has 3 N–H and O–H groups in total. The third-order valence-corrected chi connectivity index (χ3v) is 4.68. The number of benzene rings is 1. The van der Waals surface area contributed by atoms with E-state index in [-0.39, 0.29) is 23.7 Å². The highest BCUT2D eigenvalue weighted by atomic mass is 79.9. The van der Waals surface area contributed by atoms with Crippen molar-refractivity contribution in [3.63, 3.8) is 0 Å². The van der Waals surface area contributed by atoms with Gasteiger partial charge in [-0.05, 0) is 49.9 Å². The summed E-state index contributed by atoms with van der Waals surface area (Å²) in [7, 11) is 0. The first-order valence-electron chi connectivity index (χ1n) is 7.43. The molecule has 0 spiro atoms. The monoisotopic (exact) mass is 374 g/mol. The molecule has 0 atom stereocenters. The van der Waals surface area contributed by atoms with Gasteiger partial charge >= 0.3 is 0 Å². The van der Waals surface area contributed by atoms with Crippen molar-refractivity contribution in [3.8, 4) is 0 Å². The van der Waals surface area contributed by atoms with Crippen molar-refractivity contribution in [1.29, 1.82) is 0 Å². The average Bonchev–Trinajstić information content (AvgIpc) is 2.94. The molecular weight excluding hydrogens is 352 g/mol. The number of halogens is 2. The largest absolute Gasteiger partial charge is 0.355 e. The fourth-order valence-electron chi connectivity index (χ4n) is 3.05. The quantitative estimate of drug-likeness (QED) is 0.747. The number of nitrogens with one attached hydrogen (secondary N) is 1. The Kier molecular flexibility index (Phi) is 7.71. The van der Waals surface area contributed by atoms with Crippen LogP contribution in [-0.2, 0) is 10.2 Å². The second kappa shape index (κ2) is 8.76. The van der Waals surface area contributed by atoms with E-state index in [9.17, 15) is 4.79 Å². The predicted octanol–water partition coefficient (Wildman–Crippen LogP) is 3.54. The van der Waals surface area contributed by atoms with Crippen LogP contribution in [0.25, 0.3) is 0 Å². The minimum atomic E-state index is -0.327. The van der Waals surface area contributed by atoms with E-state index in [2.05, 4.69) is 33.4 Å². The summed E-state index contributed by atoms with van der Waals surface area (Å²) in [5, 5.41) is 3.11. The minimum absolute atomic E-state index is 0. The number of hydrogen-bond donors (Lipinski definition) is 2. The van der Waals surface area contributed by atoms with Gasteiger partial charge in [0.2, 0.25) is 5.91 Å². The first-order valence-corrected chi connectivity index (χ1v) is 8.23. The fraction of sp³-hybridized carbons (Fsp3) is 0.562. The lowest BCUT2D eigenvalue weighted by Gasteiger charge is -2.28. The van der Waals surface area contributed by atoms with Crippen molar-refractivity contribution >= 4 is 34.2 Å². The molecular formula is C16H24BrClN2O. The van der Waals surface area contributed by atoms with Crippen LogP contribution in [0.1, 0.15) is 44.1 Å². The molecule has 5 heteroatoms. The molecule has 1 aromatic carbocycles.